The number of ether oxygens (including phenoxy) is 3. The fourth-order valence-electron chi connectivity index (χ4n) is 3.28. The molecule has 0 N–H and O–H groups in total. The first-order valence-corrected chi connectivity index (χ1v) is 7.47. The van der Waals surface area contributed by atoms with E-state index in [0.717, 1.165) is 5.56 Å². The van der Waals surface area contributed by atoms with Gasteiger partial charge in [0.05, 0.1) is 32.7 Å². The van der Waals surface area contributed by atoms with Crippen LogP contribution in [0.15, 0.2) is 36.4 Å². The van der Waals surface area contributed by atoms with E-state index in [9.17, 15) is 0 Å². The van der Waals surface area contributed by atoms with Crippen LogP contribution in [0.5, 0.6) is 17.2 Å². The number of anilines is 2. The van der Waals surface area contributed by atoms with Gasteiger partial charge in [-0.15, -0.1) is 0 Å². The Labute approximate surface area is 137 Å². The second kappa shape index (κ2) is 5.91. The summed E-state index contributed by atoms with van der Waals surface area (Å²) in [4.78, 5) is 4.49. The zero-order valence-corrected chi connectivity index (χ0v) is 14.2. The summed E-state index contributed by atoms with van der Waals surface area (Å²) in [6.45, 7) is 0. The Kier molecular flexibility index (Phi) is 3.94. The van der Waals surface area contributed by atoms with Crippen molar-refractivity contribution in [1.82, 2.24) is 0 Å². The average Bonchev–Trinajstić information content (AvgIpc) is 2.85. The molecule has 0 amide bonds. The summed E-state index contributed by atoms with van der Waals surface area (Å²) in [5.41, 5.74) is 3.49. The third-order valence-corrected chi connectivity index (χ3v) is 4.36. The Bertz CT molecular complexity index is 663. The van der Waals surface area contributed by atoms with Crippen molar-refractivity contribution in [2.24, 2.45) is 0 Å². The maximum atomic E-state index is 5.48. The molecule has 0 aliphatic carbocycles. The minimum absolute atomic E-state index is 0.0705. The molecule has 0 spiro atoms. The van der Waals surface area contributed by atoms with Gasteiger partial charge >= 0.3 is 0 Å². The van der Waals surface area contributed by atoms with Gasteiger partial charge < -0.3 is 24.0 Å². The second-order valence-corrected chi connectivity index (χ2v) is 5.54. The van der Waals surface area contributed by atoms with Crippen LogP contribution in [0.1, 0.15) is 11.7 Å². The fourth-order valence-corrected chi connectivity index (χ4v) is 3.28. The van der Waals surface area contributed by atoms with Crippen LogP contribution < -0.4 is 24.0 Å². The number of hydrogen-bond donors (Lipinski definition) is 0. The lowest BCUT2D eigenvalue weighted by molar-refractivity contribution is 0.323. The molecule has 2 aromatic rings. The topological polar surface area (TPSA) is 34.2 Å². The molecular weight excluding hydrogens is 292 g/mol. The van der Waals surface area contributed by atoms with Crippen molar-refractivity contribution in [1.29, 1.82) is 0 Å². The largest absolute Gasteiger partial charge is 0.493 e. The average molecular weight is 314 g/mol. The van der Waals surface area contributed by atoms with E-state index in [1.165, 1.54) is 11.4 Å². The molecule has 0 saturated carbocycles. The summed E-state index contributed by atoms with van der Waals surface area (Å²) in [6.07, 6.45) is 0.0705. The summed E-state index contributed by atoms with van der Waals surface area (Å²) in [5, 5.41) is 0. The highest BCUT2D eigenvalue weighted by atomic mass is 16.5. The molecule has 5 nitrogen and oxygen atoms in total. The molecule has 1 aliphatic heterocycles. The number of methoxy groups -OCH3 is 3. The summed E-state index contributed by atoms with van der Waals surface area (Å²) < 4.78 is 16.4. The number of hydrogen-bond acceptors (Lipinski definition) is 5. The van der Waals surface area contributed by atoms with Crippen LogP contribution in [-0.4, -0.2) is 35.4 Å². The highest BCUT2D eigenvalue weighted by molar-refractivity contribution is 5.78. The minimum atomic E-state index is 0.0705. The normalized spacial score (nSPS) is 14.0. The van der Waals surface area contributed by atoms with Gasteiger partial charge in [0.15, 0.2) is 11.5 Å². The standard InChI is InChI=1S/C18H22N2O3/c1-19-13-8-6-7-9-14(13)20(2)18(19)12-10-15(21-3)17(23-5)16(11-12)22-4/h6-11,18H,1-5H3. The predicted molar refractivity (Wildman–Crippen MR) is 92.1 cm³/mol. The summed E-state index contributed by atoms with van der Waals surface area (Å²) >= 11 is 0. The van der Waals surface area contributed by atoms with Crippen LogP contribution in [0, 0.1) is 0 Å². The van der Waals surface area contributed by atoms with Crippen molar-refractivity contribution in [3.63, 3.8) is 0 Å². The lowest BCUT2D eigenvalue weighted by Gasteiger charge is -2.29. The van der Waals surface area contributed by atoms with Crippen molar-refractivity contribution in [3.8, 4) is 17.2 Å². The van der Waals surface area contributed by atoms with Crippen LogP contribution in [0.4, 0.5) is 11.4 Å². The third-order valence-electron chi connectivity index (χ3n) is 4.36. The van der Waals surface area contributed by atoms with Crippen molar-refractivity contribution >= 4 is 11.4 Å². The predicted octanol–water partition coefficient (Wildman–Crippen LogP) is 3.30. The molecule has 0 fully saturated rings. The first-order chi connectivity index (χ1) is 11.1. The van der Waals surface area contributed by atoms with Crippen molar-refractivity contribution < 1.29 is 14.2 Å². The Morgan fingerprint density at radius 1 is 0.783 bits per heavy atom. The minimum Gasteiger partial charge on any atom is -0.493 e. The van der Waals surface area contributed by atoms with Gasteiger partial charge in [-0.25, -0.2) is 0 Å². The number of nitrogens with zero attached hydrogens (tertiary/aromatic N) is 2. The van der Waals surface area contributed by atoms with E-state index >= 15 is 0 Å². The smallest absolute Gasteiger partial charge is 0.203 e. The van der Waals surface area contributed by atoms with Gasteiger partial charge in [-0.3, -0.25) is 0 Å². The fraction of sp³-hybridized carbons (Fsp3) is 0.333. The summed E-state index contributed by atoms with van der Waals surface area (Å²) in [7, 11) is 9.08. The van der Waals surface area contributed by atoms with E-state index in [1.807, 2.05) is 12.1 Å². The monoisotopic (exact) mass is 314 g/mol. The maximum Gasteiger partial charge on any atom is 0.203 e. The Balaban J connectivity index is 2.09. The van der Waals surface area contributed by atoms with Crippen LogP contribution >= 0.6 is 0 Å². The molecule has 1 heterocycles. The van der Waals surface area contributed by atoms with E-state index < -0.39 is 0 Å². The SMILES string of the molecule is COc1cc(C2N(C)c3ccccc3N2C)cc(OC)c1OC. The number of benzene rings is 2. The first-order valence-electron chi connectivity index (χ1n) is 7.47. The van der Waals surface area contributed by atoms with E-state index in [4.69, 9.17) is 14.2 Å². The molecule has 23 heavy (non-hydrogen) atoms. The highest BCUT2D eigenvalue weighted by Crippen LogP contribution is 2.47. The summed E-state index contributed by atoms with van der Waals surface area (Å²) in [5.74, 6) is 1.94. The van der Waals surface area contributed by atoms with E-state index in [0.29, 0.717) is 17.2 Å². The van der Waals surface area contributed by atoms with Crippen molar-refractivity contribution in [2.75, 3.05) is 45.2 Å². The lowest BCUT2D eigenvalue weighted by atomic mass is 10.1. The van der Waals surface area contributed by atoms with Gasteiger partial charge in [0.25, 0.3) is 0 Å². The van der Waals surface area contributed by atoms with Gasteiger partial charge in [-0.05, 0) is 24.3 Å². The Hall–Kier alpha value is -2.56. The molecule has 0 saturated heterocycles. The molecule has 122 valence electrons. The van der Waals surface area contributed by atoms with E-state index in [2.05, 4.69) is 48.2 Å². The van der Waals surface area contributed by atoms with Gasteiger partial charge in [0.1, 0.15) is 6.17 Å². The van der Waals surface area contributed by atoms with Crippen LogP contribution in [0.2, 0.25) is 0 Å². The molecule has 3 rings (SSSR count). The van der Waals surface area contributed by atoms with Gasteiger partial charge in [-0.1, -0.05) is 12.1 Å². The Morgan fingerprint density at radius 2 is 1.26 bits per heavy atom. The van der Waals surface area contributed by atoms with Gasteiger partial charge in [0, 0.05) is 19.7 Å². The molecule has 0 unspecified atom stereocenters. The number of rotatable bonds is 4. The molecule has 1 aliphatic rings. The molecule has 0 bridgehead atoms. The lowest BCUT2D eigenvalue weighted by Crippen LogP contribution is -2.30. The molecule has 0 aromatic heterocycles. The zero-order chi connectivity index (χ0) is 16.6. The highest BCUT2D eigenvalue weighted by Gasteiger charge is 2.33. The number of para-hydroxylation sites is 2. The van der Waals surface area contributed by atoms with E-state index in [1.54, 1.807) is 21.3 Å². The molecule has 5 heteroatoms. The Morgan fingerprint density at radius 3 is 1.65 bits per heavy atom. The van der Waals surface area contributed by atoms with Crippen LogP contribution in [0.3, 0.4) is 0 Å². The molecular formula is C18H22N2O3. The van der Waals surface area contributed by atoms with Crippen LogP contribution in [0.25, 0.3) is 0 Å². The van der Waals surface area contributed by atoms with Gasteiger partial charge in [0.2, 0.25) is 5.75 Å². The van der Waals surface area contributed by atoms with Crippen LogP contribution in [-0.2, 0) is 0 Å². The third kappa shape index (κ3) is 2.32. The summed E-state index contributed by atoms with van der Waals surface area (Å²) in [6, 6.07) is 12.4. The van der Waals surface area contributed by atoms with Crippen molar-refractivity contribution in [3.05, 3.63) is 42.0 Å². The zero-order valence-electron chi connectivity index (χ0n) is 14.2. The quantitative estimate of drug-likeness (QED) is 0.865. The number of fused-ring (bicyclic) bond motifs is 1. The first kappa shape index (κ1) is 15.3. The van der Waals surface area contributed by atoms with Gasteiger partial charge in [-0.2, -0.15) is 0 Å². The maximum absolute atomic E-state index is 5.48. The van der Waals surface area contributed by atoms with E-state index in [-0.39, 0.29) is 6.17 Å². The van der Waals surface area contributed by atoms with Crippen molar-refractivity contribution in [2.45, 2.75) is 6.17 Å². The second-order valence-electron chi connectivity index (χ2n) is 5.54. The molecule has 0 radical (unpaired) electrons. The molecule has 0 atom stereocenters. The molecule has 2 aromatic carbocycles.